The third-order valence-electron chi connectivity index (χ3n) is 1.89. The third kappa shape index (κ3) is 2.89. The number of nitrogens with one attached hydrogen (secondary N) is 1. The molecule has 0 amide bonds. The number of rotatable bonds is 3. The lowest BCUT2D eigenvalue weighted by Gasteiger charge is -2.09. The SMILES string of the molecule is O=S(=O)(Nc1nccs1)c1c(Cl)cc(Cl)cc1Cl. The van der Waals surface area contributed by atoms with Crippen molar-refractivity contribution in [2.45, 2.75) is 4.90 Å². The molecule has 1 N–H and O–H groups in total. The van der Waals surface area contributed by atoms with Crippen LogP contribution in [-0.4, -0.2) is 13.4 Å². The summed E-state index contributed by atoms with van der Waals surface area (Å²) >= 11 is 18.6. The van der Waals surface area contributed by atoms with E-state index in [0.717, 1.165) is 11.3 Å². The number of aromatic nitrogens is 1. The predicted molar refractivity (Wildman–Crippen MR) is 74.4 cm³/mol. The van der Waals surface area contributed by atoms with E-state index >= 15 is 0 Å². The molecule has 0 aliphatic carbocycles. The van der Waals surface area contributed by atoms with Gasteiger partial charge in [-0.1, -0.05) is 34.8 Å². The number of anilines is 1. The quantitative estimate of drug-likeness (QED) is 0.919. The van der Waals surface area contributed by atoms with Crippen LogP contribution >= 0.6 is 46.1 Å². The lowest BCUT2D eigenvalue weighted by Crippen LogP contribution is -2.13. The summed E-state index contributed by atoms with van der Waals surface area (Å²) < 4.78 is 26.5. The summed E-state index contributed by atoms with van der Waals surface area (Å²) in [4.78, 5) is 3.60. The topological polar surface area (TPSA) is 59.1 Å². The maximum atomic E-state index is 12.1. The highest BCUT2D eigenvalue weighted by Crippen LogP contribution is 2.33. The van der Waals surface area contributed by atoms with Gasteiger partial charge in [0.1, 0.15) is 4.90 Å². The number of hydrogen-bond acceptors (Lipinski definition) is 4. The second-order valence-electron chi connectivity index (χ2n) is 3.14. The molecule has 0 aliphatic heterocycles. The molecule has 18 heavy (non-hydrogen) atoms. The predicted octanol–water partition coefficient (Wildman–Crippen LogP) is 3.90. The molecule has 0 aliphatic rings. The van der Waals surface area contributed by atoms with E-state index in [1.54, 1.807) is 5.38 Å². The lowest BCUT2D eigenvalue weighted by atomic mass is 10.4. The summed E-state index contributed by atoms with van der Waals surface area (Å²) in [5.41, 5.74) is 0. The molecule has 0 radical (unpaired) electrons. The molecule has 4 nitrogen and oxygen atoms in total. The highest BCUT2D eigenvalue weighted by Gasteiger charge is 2.23. The van der Waals surface area contributed by atoms with Crippen LogP contribution in [0.15, 0.2) is 28.6 Å². The van der Waals surface area contributed by atoms with Gasteiger partial charge >= 0.3 is 0 Å². The molecule has 0 unspecified atom stereocenters. The fourth-order valence-corrected chi connectivity index (χ4v) is 4.56. The maximum absolute atomic E-state index is 12.1. The minimum Gasteiger partial charge on any atom is -0.255 e. The van der Waals surface area contributed by atoms with Crippen LogP contribution in [0.2, 0.25) is 15.1 Å². The van der Waals surface area contributed by atoms with Crippen molar-refractivity contribution < 1.29 is 8.42 Å². The van der Waals surface area contributed by atoms with Gasteiger partial charge in [0.05, 0.1) is 10.0 Å². The van der Waals surface area contributed by atoms with Crippen molar-refractivity contribution in [3.63, 3.8) is 0 Å². The lowest BCUT2D eigenvalue weighted by molar-refractivity contribution is 0.601. The molecule has 1 aromatic carbocycles. The summed E-state index contributed by atoms with van der Waals surface area (Å²) in [6, 6.07) is 2.62. The van der Waals surface area contributed by atoms with E-state index in [1.165, 1.54) is 18.3 Å². The van der Waals surface area contributed by atoms with Gasteiger partial charge in [0.15, 0.2) is 5.13 Å². The van der Waals surface area contributed by atoms with Gasteiger partial charge in [-0.25, -0.2) is 13.4 Å². The van der Waals surface area contributed by atoms with Crippen LogP contribution in [0.5, 0.6) is 0 Å². The van der Waals surface area contributed by atoms with Crippen molar-refractivity contribution in [1.82, 2.24) is 4.98 Å². The van der Waals surface area contributed by atoms with Gasteiger partial charge in [0, 0.05) is 16.6 Å². The van der Waals surface area contributed by atoms with E-state index in [-0.39, 0.29) is 25.1 Å². The number of sulfonamides is 1. The Morgan fingerprint density at radius 3 is 2.28 bits per heavy atom. The Labute approximate surface area is 123 Å². The first-order chi connectivity index (χ1) is 8.40. The number of nitrogens with zero attached hydrogens (tertiary/aromatic N) is 1. The Hall–Kier alpha value is -0.530. The monoisotopic (exact) mass is 342 g/mol. The molecule has 0 saturated heterocycles. The number of hydrogen-bond donors (Lipinski definition) is 1. The van der Waals surface area contributed by atoms with Crippen LogP contribution in [0.25, 0.3) is 0 Å². The van der Waals surface area contributed by atoms with Gasteiger partial charge in [-0.15, -0.1) is 11.3 Å². The molecule has 9 heteroatoms. The normalized spacial score (nSPS) is 11.5. The Morgan fingerprint density at radius 2 is 1.78 bits per heavy atom. The van der Waals surface area contributed by atoms with Crippen molar-refractivity contribution in [3.8, 4) is 0 Å². The second-order valence-corrected chi connectivity index (χ2v) is 6.91. The minimum absolute atomic E-state index is 0.0449. The molecule has 0 spiro atoms. The molecular weight excluding hydrogens is 339 g/mol. The minimum atomic E-state index is -3.89. The van der Waals surface area contributed by atoms with Gasteiger partial charge in [0.25, 0.3) is 10.0 Å². The van der Waals surface area contributed by atoms with Gasteiger partial charge < -0.3 is 0 Å². The fraction of sp³-hybridized carbons (Fsp3) is 0. The van der Waals surface area contributed by atoms with E-state index in [4.69, 9.17) is 34.8 Å². The summed E-state index contributed by atoms with van der Waals surface area (Å²) in [5, 5.41) is 2.05. The Balaban J connectivity index is 2.48. The first kappa shape index (κ1) is 13.9. The Morgan fingerprint density at radius 1 is 1.17 bits per heavy atom. The van der Waals surface area contributed by atoms with Crippen LogP contribution in [0, 0.1) is 0 Å². The second kappa shape index (κ2) is 5.22. The summed E-state index contributed by atoms with van der Waals surface area (Å²) in [6.45, 7) is 0. The van der Waals surface area contributed by atoms with Crippen molar-refractivity contribution in [1.29, 1.82) is 0 Å². The largest absolute Gasteiger partial charge is 0.266 e. The highest BCUT2D eigenvalue weighted by atomic mass is 35.5. The third-order valence-corrected chi connectivity index (χ3v) is 5.18. The zero-order valence-electron chi connectivity index (χ0n) is 8.52. The van der Waals surface area contributed by atoms with Crippen LogP contribution in [0.3, 0.4) is 0 Å². The van der Waals surface area contributed by atoms with Gasteiger partial charge in [-0.05, 0) is 12.1 Å². The first-order valence-electron chi connectivity index (χ1n) is 4.47. The van der Waals surface area contributed by atoms with E-state index < -0.39 is 10.0 Å². The average molecular weight is 344 g/mol. The maximum Gasteiger partial charge on any atom is 0.266 e. The molecule has 0 saturated carbocycles. The molecule has 2 aromatic rings. The van der Waals surface area contributed by atoms with Gasteiger partial charge in [0.2, 0.25) is 0 Å². The molecule has 1 heterocycles. The van der Waals surface area contributed by atoms with E-state index in [2.05, 4.69) is 9.71 Å². The summed E-state index contributed by atoms with van der Waals surface area (Å²) in [7, 11) is -3.89. The molecule has 0 bridgehead atoms. The standard InChI is InChI=1S/C9H5Cl3N2O2S2/c10-5-3-6(11)8(7(12)4-5)18(15,16)14-9-13-1-2-17-9/h1-4H,(H,13,14). The summed E-state index contributed by atoms with van der Waals surface area (Å²) in [6.07, 6.45) is 1.48. The highest BCUT2D eigenvalue weighted by molar-refractivity contribution is 7.93. The molecule has 0 atom stereocenters. The number of thiazole rings is 1. The van der Waals surface area contributed by atoms with Crippen LogP contribution < -0.4 is 4.72 Å². The zero-order valence-corrected chi connectivity index (χ0v) is 12.4. The Kier molecular flexibility index (Phi) is 4.03. The first-order valence-corrected chi connectivity index (χ1v) is 7.96. The molecule has 1 aromatic heterocycles. The summed E-state index contributed by atoms with van der Waals surface area (Å²) in [5.74, 6) is 0. The van der Waals surface area contributed by atoms with E-state index in [1.807, 2.05) is 0 Å². The Bertz CT molecular complexity index is 648. The molecule has 2 rings (SSSR count). The van der Waals surface area contributed by atoms with E-state index in [9.17, 15) is 8.42 Å². The van der Waals surface area contributed by atoms with Crippen molar-refractivity contribution in [3.05, 3.63) is 38.8 Å². The molecular formula is C9H5Cl3N2O2S2. The number of halogens is 3. The van der Waals surface area contributed by atoms with E-state index in [0.29, 0.717) is 0 Å². The number of benzene rings is 1. The van der Waals surface area contributed by atoms with Crippen LogP contribution in [0.1, 0.15) is 0 Å². The van der Waals surface area contributed by atoms with Gasteiger partial charge in [-0.3, -0.25) is 4.72 Å². The van der Waals surface area contributed by atoms with Gasteiger partial charge in [-0.2, -0.15) is 0 Å². The van der Waals surface area contributed by atoms with Crippen LogP contribution in [-0.2, 0) is 10.0 Å². The zero-order chi connectivity index (χ0) is 13.3. The molecule has 96 valence electrons. The van der Waals surface area contributed by atoms with Crippen molar-refractivity contribution >= 4 is 61.3 Å². The van der Waals surface area contributed by atoms with Crippen LogP contribution in [0.4, 0.5) is 5.13 Å². The van der Waals surface area contributed by atoms with Crippen molar-refractivity contribution in [2.75, 3.05) is 4.72 Å². The average Bonchev–Trinajstić information content (AvgIpc) is 2.66. The molecule has 0 fully saturated rings. The van der Waals surface area contributed by atoms with Crippen molar-refractivity contribution in [2.24, 2.45) is 0 Å². The fourth-order valence-electron chi connectivity index (χ4n) is 1.23. The smallest absolute Gasteiger partial charge is 0.255 e.